The second-order valence-corrected chi connectivity index (χ2v) is 16.1. The Morgan fingerprint density at radius 3 is 1.70 bits per heavy atom. The molecular weight excluding hydrogens is 795 g/mol. The zero-order valence-corrected chi connectivity index (χ0v) is 36.5. The molecule has 1 aliphatic carbocycles. The van der Waals surface area contributed by atoms with Gasteiger partial charge in [-0.3, -0.25) is 18.6 Å². The van der Waals surface area contributed by atoms with Crippen molar-refractivity contribution in [3.8, 4) is 0 Å². The van der Waals surface area contributed by atoms with Crippen LogP contribution in [0.1, 0.15) is 123 Å². The lowest BCUT2D eigenvalue weighted by atomic mass is 9.85. The highest BCUT2D eigenvalue weighted by Crippen LogP contribution is 2.47. The highest BCUT2D eigenvalue weighted by atomic mass is 31.2. The molecule has 1 saturated carbocycles. The lowest BCUT2D eigenvalue weighted by Gasteiger charge is -2.41. The molecule has 3 unspecified atom stereocenters. The first-order valence-corrected chi connectivity index (χ1v) is 23.0. The monoisotopic (exact) mass is 868 g/mol. The first-order chi connectivity index (χ1) is 28.8. The molecule has 14 nitrogen and oxygen atoms in total. The molecule has 0 heterocycles. The Labute approximate surface area is 357 Å². The largest absolute Gasteiger partial charge is 0.472 e. The van der Waals surface area contributed by atoms with Crippen LogP contribution < -0.4 is 0 Å². The topological polar surface area (TPSA) is 230 Å². The number of aliphatic hydroxyl groups excluding tert-OH is 6. The number of carbonyl (C=O) groups is 2. The molecule has 0 radical (unpaired) electrons. The SMILES string of the molecule is CCC/C=C\C/C=C\CCCCCCCC(=O)O[C@H](COC(=O)CCC/C=C\C/C=C\C/C=C\C/C=C\C=C\[C@@H](O)CC)COP(=O)(O)OC1[C@H](O)[C@H](O)C(O)[C@H](O)[C@H]1O. The van der Waals surface area contributed by atoms with Crippen LogP contribution in [0, 0.1) is 0 Å². The fraction of sp³-hybridized carbons (Fsp3) is 0.644. The number of aliphatic hydroxyl groups is 6. The summed E-state index contributed by atoms with van der Waals surface area (Å²) in [6.45, 7) is 2.81. The van der Waals surface area contributed by atoms with E-state index in [1.165, 1.54) is 0 Å². The average molecular weight is 869 g/mol. The molecule has 0 aromatic rings. The van der Waals surface area contributed by atoms with Crippen LogP contribution in [-0.4, -0.2) is 110 Å². The van der Waals surface area contributed by atoms with Gasteiger partial charge in [0.2, 0.25) is 0 Å². The molecule has 0 spiro atoms. The minimum Gasteiger partial charge on any atom is -0.462 e. The number of rotatable bonds is 33. The highest BCUT2D eigenvalue weighted by molar-refractivity contribution is 7.47. The van der Waals surface area contributed by atoms with Crippen molar-refractivity contribution in [2.24, 2.45) is 0 Å². The number of hydrogen-bond acceptors (Lipinski definition) is 13. The first kappa shape index (κ1) is 55.0. The van der Waals surface area contributed by atoms with Crippen molar-refractivity contribution < 1.29 is 68.2 Å². The summed E-state index contributed by atoms with van der Waals surface area (Å²) in [4.78, 5) is 35.6. The fourth-order valence-corrected chi connectivity index (χ4v) is 6.69. The predicted molar refractivity (Wildman–Crippen MR) is 231 cm³/mol. The molecule has 9 atom stereocenters. The van der Waals surface area contributed by atoms with Crippen molar-refractivity contribution in [2.45, 2.75) is 172 Å². The first-order valence-electron chi connectivity index (χ1n) is 21.5. The normalized spacial score (nSPS) is 23.6. The number of hydrogen-bond donors (Lipinski definition) is 7. The number of ether oxygens (including phenoxy) is 2. The fourth-order valence-electron chi connectivity index (χ4n) is 5.72. The second kappa shape index (κ2) is 34.6. The number of phosphoric acid groups is 1. The van der Waals surface area contributed by atoms with E-state index >= 15 is 0 Å². The molecule has 60 heavy (non-hydrogen) atoms. The quantitative estimate of drug-likeness (QED) is 0.0120. The molecule has 0 aliphatic heterocycles. The number of esters is 2. The summed E-state index contributed by atoms with van der Waals surface area (Å²) in [6, 6.07) is 0. The molecule has 0 bridgehead atoms. The number of phosphoric ester groups is 1. The van der Waals surface area contributed by atoms with Crippen LogP contribution in [0.5, 0.6) is 0 Å². The summed E-state index contributed by atoms with van der Waals surface area (Å²) in [6.07, 6.45) is 27.4. The molecule has 0 amide bonds. The van der Waals surface area contributed by atoms with E-state index in [1.54, 1.807) is 6.08 Å². The van der Waals surface area contributed by atoms with Gasteiger partial charge in [-0.1, -0.05) is 125 Å². The minimum absolute atomic E-state index is 0.0560. The summed E-state index contributed by atoms with van der Waals surface area (Å²) in [5.74, 6) is -1.21. The maximum atomic E-state index is 12.8. The van der Waals surface area contributed by atoms with Gasteiger partial charge in [-0.05, 0) is 70.6 Å². The van der Waals surface area contributed by atoms with E-state index in [9.17, 15) is 49.7 Å². The number of carbonyl (C=O) groups excluding carboxylic acids is 2. The molecule has 1 rings (SSSR count). The molecule has 0 aromatic heterocycles. The Balaban J connectivity index is 2.55. The van der Waals surface area contributed by atoms with Gasteiger partial charge in [0.1, 0.15) is 43.2 Å². The van der Waals surface area contributed by atoms with Gasteiger partial charge in [-0.25, -0.2) is 4.57 Å². The zero-order chi connectivity index (χ0) is 44.4. The molecule has 1 fully saturated rings. The lowest BCUT2D eigenvalue weighted by Crippen LogP contribution is -2.64. The van der Waals surface area contributed by atoms with Crippen molar-refractivity contribution in [1.82, 2.24) is 0 Å². The highest BCUT2D eigenvalue weighted by Gasteiger charge is 2.51. The van der Waals surface area contributed by atoms with E-state index in [4.69, 9.17) is 18.5 Å². The van der Waals surface area contributed by atoms with E-state index in [1.807, 2.05) is 43.4 Å². The van der Waals surface area contributed by atoms with E-state index in [0.29, 0.717) is 25.7 Å². The van der Waals surface area contributed by atoms with Crippen LogP contribution in [0.3, 0.4) is 0 Å². The second-order valence-electron chi connectivity index (χ2n) is 14.7. The van der Waals surface area contributed by atoms with Crippen LogP contribution in [0.2, 0.25) is 0 Å². The van der Waals surface area contributed by atoms with E-state index < -0.39 is 81.8 Å². The van der Waals surface area contributed by atoms with Gasteiger partial charge in [0.25, 0.3) is 0 Å². The van der Waals surface area contributed by atoms with E-state index in [-0.39, 0.29) is 12.8 Å². The van der Waals surface area contributed by atoms with Crippen molar-refractivity contribution in [1.29, 1.82) is 0 Å². The zero-order valence-electron chi connectivity index (χ0n) is 35.6. The van der Waals surface area contributed by atoms with Gasteiger partial charge in [-0.15, -0.1) is 0 Å². The molecule has 342 valence electrons. The maximum absolute atomic E-state index is 12.8. The molecule has 1 aliphatic rings. The van der Waals surface area contributed by atoms with Gasteiger partial charge < -0.3 is 45.0 Å². The third-order valence-corrected chi connectivity index (χ3v) is 10.3. The molecular formula is C45H73O14P. The van der Waals surface area contributed by atoms with Crippen LogP contribution >= 0.6 is 7.82 Å². The predicted octanol–water partition coefficient (Wildman–Crippen LogP) is 6.69. The lowest BCUT2D eigenvalue weighted by molar-refractivity contribution is -0.220. The van der Waals surface area contributed by atoms with Crippen molar-refractivity contribution in [3.63, 3.8) is 0 Å². The smallest absolute Gasteiger partial charge is 0.462 e. The van der Waals surface area contributed by atoms with E-state index in [2.05, 4.69) is 49.5 Å². The summed E-state index contributed by atoms with van der Waals surface area (Å²) >= 11 is 0. The summed E-state index contributed by atoms with van der Waals surface area (Å²) in [5.41, 5.74) is 0. The van der Waals surface area contributed by atoms with Crippen LogP contribution in [0.15, 0.2) is 85.1 Å². The van der Waals surface area contributed by atoms with Crippen molar-refractivity contribution in [3.05, 3.63) is 85.1 Å². The Morgan fingerprint density at radius 1 is 0.600 bits per heavy atom. The third kappa shape index (κ3) is 27.0. The molecule has 7 N–H and O–H groups in total. The summed E-state index contributed by atoms with van der Waals surface area (Å²) in [5, 5.41) is 59.5. The standard InChI is InChI=1S/C45H73O14P/c1-3-5-6-7-8-9-10-13-18-21-24-27-30-33-39(48)58-37(35-57-60(54,55)59-45-43(52)41(50)40(49)42(51)44(45)53)34-56-38(47)32-29-26-23-20-17-15-12-11-14-16-19-22-25-28-31-36(46)4-2/h6-7,9-10,12,14-16,20,22-23,25,28,31,36-37,40-46,49-53H,3-5,8,11,13,17-19,21,24,26-27,29-30,32-35H2,1-2H3,(H,54,55)/b7-6-,10-9-,15-12-,16-14-,23-20-,25-22-,31-28+/t36-,37+,40?,41-,42+,43+,44+,45?/m0/s1. The third-order valence-electron chi connectivity index (χ3n) is 9.36. The average Bonchev–Trinajstić information content (AvgIpc) is 3.23. The van der Waals surface area contributed by atoms with Gasteiger partial charge >= 0.3 is 19.8 Å². The Morgan fingerprint density at radius 2 is 1.10 bits per heavy atom. The Bertz CT molecular complexity index is 1390. The van der Waals surface area contributed by atoms with Gasteiger partial charge in [-0.2, -0.15) is 0 Å². The maximum Gasteiger partial charge on any atom is 0.472 e. The van der Waals surface area contributed by atoms with Crippen LogP contribution in [0.25, 0.3) is 0 Å². The Hall–Kier alpha value is -3.01. The van der Waals surface area contributed by atoms with Crippen molar-refractivity contribution >= 4 is 19.8 Å². The summed E-state index contributed by atoms with van der Waals surface area (Å²) < 4.78 is 33.3. The minimum atomic E-state index is -5.14. The molecule has 15 heteroatoms. The molecule has 0 saturated heterocycles. The number of unbranched alkanes of at least 4 members (excludes halogenated alkanes) is 7. The van der Waals surface area contributed by atoms with Crippen LogP contribution in [-0.2, 0) is 32.7 Å². The van der Waals surface area contributed by atoms with Crippen molar-refractivity contribution in [2.75, 3.05) is 13.2 Å². The van der Waals surface area contributed by atoms with Gasteiger partial charge in [0.05, 0.1) is 12.7 Å². The summed E-state index contributed by atoms with van der Waals surface area (Å²) in [7, 11) is -5.14. The Kier molecular flexibility index (Phi) is 31.7. The van der Waals surface area contributed by atoms with E-state index in [0.717, 1.165) is 70.6 Å². The van der Waals surface area contributed by atoms with Crippen LogP contribution in [0.4, 0.5) is 0 Å². The molecule has 0 aromatic carbocycles. The van der Waals surface area contributed by atoms with Gasteiger partial charge in [0, 0.05) is 12.8 Å². The number of allylic oxidation sites excluding steroid dienone is 13. The van der Waals surface area contributed by atoms with Gasteiger partial charge in [0.15, 0.2) is 6.10 Å².